The highest BCUT2D eigenvalue weighted by Gasteiger charge is 2.10. The first kappa shape index (κ1) is 15.7. The van der Waals surface area contributed by atoms with Crippen molar-refractivity contribution in [3.63, 3.8) is 0 Å². The summed E-state index contributed by atoms with van der Waals surface area (Å²) in [5, 5.41) is 15.2. The number of non-ortho nitro benzene ring substituents is 1. The standard InChI is InChI=1S/C17H16N4O3/c1-13-5-2-3-8-16(13)24-10-9-20-12-18-17(19-20)14-6-4-7-15(11-14)21(22)23/h2-8,11-12H,9-10H2,1H3. The molecular weight excluding hydrogens is 308 g/mol. The third-order valence-corrected chi connectivity index (χ3v) is 3.52. The van der Waals surface area contributed by atoms with Gasteiger partial charge in [0.2, 0.25) is 0 Å². The van der Waals surface area contributed by atoms with Crippen molar-refractivity contribution in [1.29, 1.82) is 0 Å². The van der Waals surface area contributed by atoms with E-state index in [-0.39, 0.29) is 5.69 Å². The van der Waals surface area contributed by atoms with Crippen molar-refractivity contribution in [2.75, 3.05) is 6.61 Å². The van der Waals surface area contributed by atoms with Gasteiger partial charge < -0.3 is 4.74 Å². The molecule has 1 aromatic heterocycles. The number of benzene rings is 2. The molecule has 24 heavy (non-hydrogen) atoms. The third-order valence-electron chi connectivity index (χ3n) is 3.52. The van der Waals surface area contributed by atoms with Gasteiger partial charge in [-0.05, 0) is 18.6 Å². The van der Waals surface area contributed by atoms with Crippen molar-refractivity contribution in [1.82, 2.24) is 14.8 Å². The van der Waals surface area contributed by atoms with Crippen LogP contribution < -0.4 is 4.74 Å². The van der Waals surface area contributed by atoms with Crippen molar-refractivity contribution in [3.8, 4) is 17.1 Å². The minimum Gasteiger partial charge on any atom is -0.491 e. The maximum absolute atomic E-state index is 10.8. The van der Waals surface area contributed by atoms with Crippen LogP contribution in [0.15, 0.2) is 54.9 Å². The second-order valence-electron chi connectivity index (χ2n) is 5.25. The lowest BCUT2D eigenvalue weighted by molar-refractivity contribution is -0.384. The van der Waals surface area contributed by atoms with E-state index < -0.39 is 4.92 Å². The number of rotatable bonds is 6. The molecule has 0 unspecified atom stereocenters. The van der Waals surface area contributed by atoms with Crippen LogP contribution in [0.3, 0.4) is 0 Å². The Hall–Kier alpha value is -3.22. The normalized spacial score (nSPS) is 10.5. The van der Waals surface area contributed by atoms with Gasteiger partial charge in [-0.2, -0.15) is 5.10 Å². The number of hydrogen-bond acceptors (Lipinski definition) is 5. The smallest absolute Gasteiger partial charge is 0.270 e. The van der Waals surface area contributed by atoms with Crippen LogP contribution >= 0.6 is 0 Å². The summed E-state index contributed by atoms with van der Waals surface area (Å²) < 4.78 is 7.39. The van der Waals surface area contributed by atoms with Gasteiger partial charge in [0.25, 0.3) is 5.69 Å². The zero-order chi connectivity index (χ0) is 16.9. The van der Waals surface area contributed by atoms with Crippen LogP contribution in [0.5, 0.6) is 5.75 Å². The van der Waals surface area contributed by atoms with Crippen LogP contribution in [-0.2, 0) is 6.54 Å². The topological polar surface area (TPSA) is 83.1 Å². The molecule has 7 heteroatoms. The van der Waals surface area contributed by atoms with Crippen LogP contribution in [0.4, 0.5) is 5.69 Å². The van der Waals surface area contributed by atoms with E-state index >= 15 is 0 Å². The summed E-state index contributed by atoms with van der Waals surface area (Å²) in [7, 11) is 0. The van der Waals surface area contributed by atoms with E-state index in [1.54, 1.807) is 23.1 Å². The fraction of sp³-hybridized carbons (Fsp3) is 0.176. The summed E-state index contributed by atoms with van der Waals surface area (Å²) in [6, 6.07) is 14.1. The molecule has 1 heterocycles. The molecule has 0 aliphatic carbocycles. The van der Waals surface area contributed by atoms with E-state index in [0.29, 0.717) is 24.5 Å². The number of nitro benzene ring substituents is 1. The van der Waals surface area contributed by atoms with Gasteiger partial charge in [0.15, 0.2) is 5.82 Å². The first-order valence-electron chi connectivity index (χ1n) is 7.46. The molecule has 0 N–H and O–H groups in total. The largest absolute Gasteiger partial charge is 0.491 e. The van der Waals surface area contributed by atoms with Gasteiger partial charge in [0, 0.05) is 17.7 Å². The lowest BCUT2D eigenvalue weighted by Gasteiger charge is -2.08. The predicted molar refractivity (Wildman–Crippen MR) is 88.8 cm³/mol. The maximum Gasteiger partial charge on any atom is 0.270 e. The number of ether oxygens (including phenoxy) is 1. The SMILES string of the molecule is Cc1ccccc1OCCn1cnc(-c2cccc([N+](=O)[O-])c2)n1. The molecule has 0 saturated heterocycles. The Labute approximate surface area is 138 Å². The number of aromatic nitrogens is 3. The summed E-state index contributed by atoms with van der Waals surface area (Å²) >= 11 is 0. The van der Waals surface area contributed by atoms with E-state index in [4.69, 9.17) is 4.74 Å². The van der Waals surface area contributed by atoms with Gasteiger partial charge in [-0.1, -0.05) is 30.3 Å². The van der Waals surface area contributed by atoms with Gasteiger partial charge in [0.1, 0.15) is 18.7 Å². The first-order valence-corrected chi connectivity index (χ1v) is 7.46. The molecule has 0 aliphatic rings. The molecule has 122 valence electrons. The molecule has 0 saturated carbocycles. The lowest BCUT2D eigenvalue weighted by atomic mass is 10.2. The first-order chi connectivity index (χ1) is 11.6. The Bertz CT molecular complexity index is 860. The molecule has 3 aromatic rings. The molecule has 0 atom stereocenters. The van der Waals surface area contributed by atoms with Crippen LogP contribution in [0.2, 0.25) is 0 Å². The van der Waals surface area contributed by atoms with E-state index in [1.165, 1.54) is 12.1 Å². The number of aryl methyl sites for hydroxylation is 1. The number of para-hydroxylation sites is 1. The average molecular weight is 324 g/mol. The lowest BCUT2D eigenvalue weighted by Crippen LogP contribution is -2.09. The Balaban J connectivity index is 1.64. The fourth-order valence-corrected chi connectivity index (χ4v) is 2.26. The Morgan fingerprint density at radius 3 is 2.83 bits per heavy atom. The Kier molecular flexibility index (Phi) is 4.51. The van der Waals surface area contributed by atoms with E-state index in [9.17, 15) is 10.1 Å². The van der Waals surface area contributed by atoms with Crippen LogP contribution in [0.1, 0.15) is 5.56 Å². The summed E-state index contributed by atoms with van der Waals surface area (Å²) in [5.74, 6) is 1.30. The second kappa shape index (κ2) is 6.91. The molecule has 0 spiro atoms. The highest BCUT2D eigenvalue weighted by atomic mass is 16.6. The highest BCUT2D eigenvalue weighted by molar-refractivity contribution is 5.58. The average Bonchev–Trinajstić information content (AvgIpc) is 3.06. The molecule has 0 fully saturated rings. The molecule has 0 bridgehead atoms. The number of nitro groups is 1. The number of nitrogens with zero attached hydrogens (tertiary/aromatic N) is 4. The van der Waals surface area contributed by atoms with Gasteiger partial charge in [-0.3, -0.25) is 10.1 Å². The summed E-state index contributed by atoms with van der Waals surface area (Å²) in [5.41, 5.74) is 1.71. The zero-order valence-electron chi connectivity index (χ0n) is 13.1. The van der Waals surface area contributed by atoms with Crippen molar-refractivity contribution in [2.24, 2.45) is 0 Å². The van der Waals surface area contributed by atoms with Crippen molar-refractivity contribution in [2.45, 2.75) is 13.5 Å². The highest BCUT2D eigenvalue weighted by Crippen LogP contribution is 2.20. The fourth-order valence-electron chi connectivity index (χ4n) is 2.26. The van der Waals surface area contributed by atoms with E-state index in [2.05, 4.69) is 10.1 Å². The van der Waals surface area contributed by atoms with Crippen LogP contribution in [0.25, 0.3) is 11.4 Å². The molecule has 0 amide bonds. The number of hydrogen-bond donors (Lipinski definition) is 0. The molecule has 7 nitrogen and oxygen atoms in total. The minimum atomic E-state index is -0.434. The molecule has 2 aromatic carbocycles. The third kappa shape index (κ3) is 3.57. The van der Waals surface area contributed by atoms with Crippen molar-refractivity contribution < 1.29 is 9.66 Å². The van der Waals surface area contributed by atoms with Crippen LogP contribution in [0, 0.1) is 17.0 Å². The quantitative estimate of drug-likeness (QED) is 0.513. The summed E-state index contributed by atoms with van der Waals surface area (Å²) in [6.07, 6.45) is 1.59. The van der Waals surface area contributed by atoms with Crippen molar-refractivity contribution >= 4 is 5.69 Å². The molecule has 3 rings (SSSR count). The maximum atomic E-state index is 10.8. The van der Waals surface area contributed by atoms with Crippen molar-refractivity contribution in [3.05, 3.63) is 70.5 Å². The second-order valence-corrected chi connectivity index (χ2v) is 5.25. The van der Waals surface area contributed by atoms with E-state index in [0.717, 1.165) is 11.3 Å². The van der Waals surface area contributed by atoms with Gasteiger partial charge >= 0.3 is 0 Å². The molecular formula is C17H16N4O3. The van der Waals surface area contributed by atoms with Gasteiger partial charge in [0.05, 0.1) is 11.5 Å². The minimum absolute atomic E-state index is 0.0201. The summed E-state index contributed by atoms with van der Waals surface area (Å²) in [6.45, 7) is 2.99. The molecule has 0 radical (unpaired) electrons. The summed E-state index contributed by atoms with van der Waals surface area (Å²) in [4.78, 5) is 14.6. The molecule has 0 aliphatic heterocycles. The van der Waals surface area contributed by atoms with E-state index in [1.807, 2.05) is 31.2 Å². The zero-order valence-corrected chi connectivity index (χ0v) is 13.1. The Morgan fingerprint density at radius 2 is 2.04 bits per heavy atom. The monoisotopic (exact) mass is 324 g/mol. The van der Waals surface area contributed by atoms with Crippen LogP contribution in [-0.4, -0.2) is 26.3 Å². The predicted octanol–water partition coefficient (Wildman–Crippen LogP) is 3.24. The van der Waals surface area contributed by atoms with Gasteiger partial charge in [-0.25, -0.2) is 9.67 Å². The van der Waals surface area contributed by atoms with Gasteiger partial charge in [-0.15, -0.1) is 0 Å². The Morgan fingerprint density at radius 1 is 1.21 bits per heavy atom.